The Morgan fingerprint density at radius 3 is 2.74 bits per heavy atom. The van der Waals surface area contributed by atoms with Gasteiger partial charge in [0.15, 0.2) is 0 Å². The van der Waals surface area contributed by atoms with Crippen molar-refractivity contribution in [3.05, 3.63) is 29.7 Å². The van der Waals surface area contributed by atoms with Crippen LogP contribution in [0.1, 0.15) is 23.3 Å². The van der Waals surface area contributed by atoms with Gasteiger partial charge in [-0.1, -0.05) is 0 Å². The lowest BCUT2D eigenvalue weighted by molar-refractivity contribution is 0.110. The zero-order valence-electron chi connectivity index (χ0n) is 13.9. The molecule has 0 radical (unpaired) electrons. The summed E-state index contributed by atoms with van der Waals surface area (Å²) in [6, 6.07) is 0.124. The summed E-state index contributed by atoms with van der Waals surface area (Å²) in [7, 11) is 4.02. The lowest BCUT2D eigenvalue weighted by Gasteiger charge is -2.38. The smallest absolute Gasteiger partial charge is 0.325 e. The normalized spacial score (nSPS) is 19.1. The number of carbonyl (C=O) groups is 1. The van der Waals surface area contributed by atoms with Crippen LogP contribution in [0.15, 0.2) is 16.8 Å². The number of oxazole rings is 1. The maximum atomic E-state index is 12.5. The van der Waals surface area contributed by atoms with Gasteiger partial charge in [-0.05, 0) is 20.9 Å². The second-order valence-electron chi connectivity index (χ2n) is 5.93. The number of rotatable bonds is 2. The van der Waals surface area contributed by atoms with Gasteiger partial charge in [0, 0.05) is 39.1 Å². The van der Waals surface area contributed by atoms with Gasteiger partial charge in [0.05, 0.1) is 11.7 Å². The minimum Gasteiger partial charge on any atom is -0.428 e. The van der Waals surface area contributed by atoms with Crippen molar-refractivity contribution in [2.45, 2.75) is 19.9 Å². The van der Waals surface area contributed by atoms with Crippen molar-refractivity contribution in [2.24, 2.45) is 7.05 Å². The van der Waals surface area contributed by atoms with Crippen LogP contribution in [0.5, 0.6) is 0 Å². The fourth-order valence-electron chi connectivity index (χ4n) is 2.73. The standard InChI is InChI=1S/C15H22N6O2/c1-10-11(2)23-14(17-10)18-15(22)21-8-7-19(3)12(9-21)13-16-5-6-20(13)4/h5-6,12H,7-9H2,1-4H3,(H,17,18,22)/t12-/m1/s1. The lowest BCUT2D eigenvalue weighted by atomic mass is 10.1. The quantitative estimate of drug-likeness (QED) is 0.909. The molecule has 1 aliphatic heterocycles. The number of hydrogen-bond donors (Lipinski definition) is 1. The van der Waals surface area contributed by atoms with E-state index in [0.717, 1.165) is 18.1 Å². The van der Waals surface area contributed by atoms with Gasteiger partial charge in [-0.2, -0.15) is 4.98 Å². The number of hydrogen-bond acceptors (Lipinski definition) is 5. The summed E-state index contributed by atoms with van der Waals surface area (Å²) >= 11 is 0. The third-order valence-electron chi connectivity index (χ3n) is 4.33. The topological polar surface area (TPSA) is 79.4 Å². The van der Waals surface area contributed by atoms with Gasteiger partial charge in [0.25, 0.3) is 0 Å². The maximum Gasteiger partial charge on any atom is 0.325 e. The van der Waals surface area contributed by atoms with Crippen LogP contribution in [-0.4, -0.2) is 57.0 Å². The molecule has 1 atom stereocenters. The molecule has 2 aromatic rings. The molecule has 0 unspecified atom stereocenters. The van der Waals surface area contributed by atoms with Crippen molar-refractivity contribution in [1.82, 2.24) is 24.3 Å². The van der Waals surface area contributed by atoms with E-state index in [1.54, 1.807) is 11.1 Å². The van der Waals surface area contributed by atoms with Crippen molar-refractivity contribution < 1.29 is 9.21 Å². The maximum absolute atomic E-state index is 12.5. The van der Waals surface area contributed by atoms with Gasteiger partial charge in [-0.15, -0.1) is 0 Å². The van der Waals surface area contributed by atoms with E-state index >= 15 is 0 Å². The SMILES string of the molecule is Cc1nc(NC(=O)N2CCN(C)[C@@H](c3nccn3C)C2)oc1C. The van der Waals surface area contributed by atoms with Crippen molar-refractivity contribution in [2.75, 3.05) is 32.0 Å². The minimum absolute atomic E-state index is 0.0718. The van der Waals surface area contributed by atoms with Gasteiger partial charge in [-0.25, -0.2) is 9.78 Å². The van der Waals surface area contributed by atoms with Crippen LogP contribution in [0.3, 0.4) is 0 Å². The monoisotopic (exact) mass is 318 g/mol. The Kier molecular flexibility index (Phi) is 4.08. The molecule has 23 heavy (non-hydrogen) atoms. The number of aromatic nitrogens is 3. The molecule has 2 aromatic heterocycles. The molecule has 8 nitrogen and oxygen atoms in total. The molecule has 1 fully saturated rings. The summed E-state index contributed by atoms with van der Waals surface area (Å²) in [6.45, 7) is 5.69. The van der Waals surface area contributed by atoms with Crippen LogP contribution in [0, 0.1) is 13.8 Å². The second-order valence-corrected chi connectivity index (χ2v) is 5.93. The van der Waals surface area contributed by atoms with E-state index in [2.05, 4.69) is 27.2 Å². The number of piperazine rings is 1. The van der Waals surface area contributed by atoms with E-state index in [1.165, 1.54) is 0 Å². The Hall–Kier alpha value is -2.35. The highest BCUT2D eigenvalue weighted by Gasteiger charge is 2.31. The average Bonchev–Trinajstić information content (AvgIpc) is 3.05. The fourth-order valence-corrected chi connectivity index (χ4v) is 2.73. The predicted molar refractivity (Wildman–Crippen MR) is 85.1 cm³/mol. The van der Waals surface area contributed by atoms with Crippen molar-refractivity contribution in [3.63, 3.8) is 0 Å². The summed E-state index contributed by atoms with van der Waals surface area (Å²) in [6.07, 6.45) is 3.70. The molecule has 0 spiro atoms. The Bertz CT molecular complexity index is 687. The number of nitrogens with zero attached hydrogens (tertiary/aromatic N) is 5. The molecule has 3 heterocycles. The molecule has 2 amide bonds. The van der Waals surface area contributed by atoms with E-state index in [9.17, 15) is 4.79 Å². The van der Waals surface area contributed by atoms with Crippen molar-refractivity contribution >= 4 is 12.0 Å². The first-order valence-corrected chi connectivity index (χ1v) is 7.63. The van der Waals surface area contributed by atoms with Crippen LogP contribution >= 0.6 is 0 Å². The Morgan fingerprint density at radius 2 is 2.13 bits per heavy atom. The number of amides is 2. The van der Waals surface area contributed by atoms with E-state index in [4.69, 9.17) is 4.42 Å². The molecule has 0 aromatic carbocycles. The summed E-state index contributed by atoms with van der Waals surface area (Å²) in [5.74, 6) is 1.66. The van der Waals surface area contributed by atoms with Gasteiger partial charge < -0.3 is 13.9 Å². The average molecular weight is 318 g/mol. The van der Waals surface area contributed by atoms with Crippen LogP contribution in [0.4, 0.5) is 10.8 Å². The first-order valence-electron chi connectivity index (χ1n) is 7.63. The van der Waals surface area contributed by atoms with Gasteiger partial charge in [-0.3, -0.25) is 10.2 Å². The molecule has 1 N–H and O–H groups in total. The van der Waals surface area contributed by atoms with Gasteiger partial charge in [0.2, 0.25) is 0 Å². The second kappa shape index (κ2) is 6.04. The van der Waals surface area contributed by atoms with E-state index in [0.29, 0.717) is 18.8 Å². The zero-order chi connectivity index (χ0) is 16.6. The first-order chi connectivity index (χ1) is 11.0. The molecule has 0 aliphatic carbocycles. The third kappa shape index (κ3) is 3.07. The third-order valence-corrected chi connectivity index (χ3v) is 4.33. The molecule has 0 bridgehead atoms. The summed E-state index contributed by atoms with van der Waals surface area (Å²) in [4.78, 5) is 25.1. The van der Waals surface area contributed by atoms with Crippen LogP contribution < -0.4 is 5.32 Å². The van der Waals surface area contributed by atoms with Crippen LogP contribution in [0.2, 0.25) is 0 Å². The molecule has 3 rings (SSSR count). The van der Waals surface area contributed by atoms with Gasteiger partial charge in [0.1, 0.15) is 11.6 Å². The summed E-state index contributed by atoms with van der Waals surface area (Å²) < 4.78 is 7.41. The highest BCUT2D eigenvalue weighted by molar-refractivity contribution is 5.87. The fraction of sp³-hybridized carbons (Fsp3) is 0.533. The van der Waals surface area contributed by atoms with E-state index in [-0.39, 0.29) is 18.1 Å². The number of urea groups is 1. The predicted octanol–water partition coefficient (Wildman–Crippen LogP) is 1.55. The minimum atomic E-state index is -0.196. The Balaban J connectivity index is 1.70. The Labute approximate surface area is 135 Å². The molecular weight excluding hydrogens is 296 g/mol. The Morgan fingerprint density at radius 1 is 1.35 bits per heavy atom. The van der Waals surface area contributed by atoms with Crippen LogP contribution in [-0.2, 0) is 7.05 Å². The number of nitrogens with one attached hydrogen (secondary N) is 1. The number of aryl methyl sites for hydroxylation is 3. The molecule has 124 valence electrons. The number of imidazole rings is 1. The zero-order valence-corrected chi connectivity index (χ0v) is 13.9. The van der Waals surface area contributed by atoms with Crippen molar-refractivity contribution in [3.8, 4) is 0 Å². The number of carbonyl (C=O) groups excluding carboxylic acids is 1. The molecule has 1 aliphatic rings. The highest BCUT2D eigenvalue weighted by atomic mass is 16.4. The number of anilines is 1. The van der Waals surface area contributed by atoms with Crippen molar-refractivity contribution in [1.29, 1.82) is 0 Å². The summed E-state index contributed by atoms with van der Waals surface area (Å²) in [5, 5.41) is 2.73. The lowest BCUT2D eigenvalue weighted by Crippen LogP contribution is -2.50. The highest BCUT2D eigenvalue weighted by Crippen LogP contribution is 2.23. The van der Waals surface area contributed by atoms with Crippen LogP contribution in [0.25, 0.3) is 0 Å². The largest absolute Gasteiger partial charge is 0.428 e. The molecule has 8 heteroatoms. The molecule has 1 saturated heterocycles. The van der Waals surface area contributed by atoms with E-state index < -0.39 is 0 Å². The first kappa shape index (κ1) is 15.5. The summed E-state index contributed by atoms with van der Waals surface area (Å²) in [5.41, 5.74) is 0.782. The van der Waals surface area contributed by atoms with E-state index in [1.807, 2.05) is 31.7 Å². The number of likely N-dealkylation sites (N-methyl/N-ethyl adjacent to an activating group) is 1. The molecule has 0 saturated carbocycles. The molecular formula is C15H22N6O2. The van der Waals surface area contributed by atoms with Gasteiger partial charge >= 0.3 is 12.0 Å².